The molecule has 1 aliphatic rings. The van der Waals surface area contributed by atoms with E-state index in [1.165, 1.54) is 39.8 Å². The third kappa shape index (κ3) is 3.75. The van der Waals surface area contributed by atoms with Gasteiger partial charge in [0.15, 0.2) is 0 Å². The zero-order chi connectivity index (χ0) is 18.5. The molecule has 0 fully saturated rings. The number of hydrogen-bond donors (Lipinski definition) is 0. The first kappa shape index (κ1) is 18.1. The summed E-state index contributed by atoms with van der Waals surface area (Å²) in [5, 5.41) is 0. The second-order valence-electron chi connectivity index (χ2n) is 6.80. The molecule has 26 heavy (non-hydrogen) atoms. The van der Waals surface area contributed by atoms with E-state index in [0.29, 0.717) is 0 Å². The highest BCUT2D eigenvalue weighted by Gasteiger charge is 2.16. The Labute approximate surface area is 156 Å². The van der Waals surface area contributed by atoms with Crippen LogP contribution in [0, 0.1) is 6.92 Å². The Balaban J connectivity index is 2.28. The molecule has 0 saturated carbocycles. The molecule has 2 nitrogen and oxygen atoms in total. The largest absolute Gasteiger partial charge is 0.262 e. The van der Waals surface area contributed by atoms with Crippen LogP contribution < -0.4 is 0 Å². The highest BCUT2D eigenvalue weighted by Crippen LogP contribution is 2.40. The summed E-state index contributed by atoms with van der Waals surface area (Å²) < 4.78 is 0. The first-order valence-corrected chi connectivity index (χ1v) is 9.20. The number of allylic oxidation sites excluding steroid dienone is 4. The van der Waals surface area contributed by atoms with E-state index < -0.39 is 0 Å². The van der Waals surface area contributed by atoms with Gasteiger partial charge in [-0.1, -0.05) is 42.0 Å². The highest BCUT2D eigenvalue weighted by molar-refractivity contribution is 5.98. The van der Waals surface area contributed by atoms with Gasteiger partial charge in [-0.3, -0.25) is 9.98 Å². The van der Waals surface area contributed by atoms with E-state index in [2.05, 4.69) is 79.1 Å². The van der Waals surface area contributed by atoms with E-state index in [1.54, 1.807) is 0 Å². The third-order valence-electron chi connectivity index (χ3n) is 4.89. The molecule has 0 N–H and O–H groups in total. The fourth-order valence-electron chi connectivity index (χ4n) is 3.60. The lowest BCUT2D eigenvalue weighted by Crippen LogP contribution is -1.93. The van der Waals surface area contributed by atoms with Crippen LogP contribution in [0.4, 0.5) is 11.4 Å². The summed E-state index contributed by atoms with van der Waals surface area (Å²) in [5.41, 5.74) is 9.60. The van der Waals surface area contributed by atoms with E-state index in [9.17, 15) is 0 Å². The molecule has 0 atom stereocenters. The highest BCUT2D eigenvalue weighted by atomic mass is 14.8. The van der Waals surface area contributed by atoms with Crippen LogP contribution in [-0.2, 0) is 0 Å². The van der Waals surface area contributed by atoms with Crippen LogP contribution >= 0.6 is 0 Å². The van der Waals surface area contributed by atoms with Gasteiger partial charge in [0.25, 0.3) is 0 Å². The summed E-state index contributed by atoms with van der Waals surface area (Å²) in [7, 11) is 0. The topological polar surface area (TPSA) is 24.7 Å². The second-order valence-corrected chi connectivity index (χ2v) is 6.80. The number of hydrogen-bond acceptors (Lipinski definition) is 2. The summed E-state index contributed by atoms with van der Waals surface area (Å²) in [4.78, 5) is 8.66. The van der Waals surface area contributed by atoms with Crippen molar-refractivity contribution in [1.82, 2.24) is 0 Å². The van der Waals surface area contributed by atoms with Crippen LogP contribution in [0.5, 0.6) is 0 Å². The Morgan fingerprint density at radius 1 is 1.00 bits per heavy atom. The van der Waals surface area contributed by atoms with Crippen molar-refractivity contribution < 1.29 is 0 Å². The lowest BCUT2D eigenvalue weighted by Gasteiger charge is -2.16. The lowest BCUT2D eigenvalue weighted by atomic mass is 9.89. The van der Waals surface area contributed by atoms with Gasteiger partial charge in [0.1, 0.15) is 0 Å². The van der Waals surface area contributed by atoms with Crippen molar-refractivity contribution in [1.29, 1.82) is 0 Å². The Hall–Kier alpha value is -2.74. The van der Waals surface area contributed by atoms with Crippen molar-refractivity contribution >= 4 is 35.5 Å². The molecule has 2 aromatic rings. The molecule has 132 valence electrons. The van der Waals surface area contributed by atoms with Crippen molar-refractivity contribution in [3.63, 3.8) is 0 Å². The molecular formula is C24H26N2. The van der Waals surface area contributed by atoms with Crippen LogP contribution in [0.25, 0.3) is 11.1 Å². The zero-order valence-corrected chi connectivity index (χ0v) is 15.9. The average Bonchev–Trinajstić information content (AvgIpc) is 2.85. The lowest BCUT2D eigenvalue weighted by molar-refractivity contribution is 0.850. The first-order valence-electron chi connectivity index (χ1n) is 9.20. The average molecular weight is 342 g/mol. The van der Waals surface area contributed by atoms with E-state index >= 15 is 0 Å². The van der Waals surface area contributed by atoms with Gasteiger partial charge in [0.05, 0.1) is 11.4 Å². The molecule has 0 spiro atoms. The fraction of sp³-hybridized carbons (Fsp3) is 0.250. The minimum Gasteiger partial charge on any atom is -0.262 e. The molecule has 2 heteroatoms. The van der Waals surface area contributed by atoms with E-state index in [-0.39, 0.29) is 0 Å². The summed E-state index contributed by atoms with van der Waals surface area (Å²) >= 11 is 0. The molecule has 0 amide bonds. The summed E-state index contributed by atoms with van der Waals surface area (Å²) in [6.07, 6.45) is 7.58. The fourth-order valence-corrected chi connectivity index (χ4v) is 3.60. The molecule has 0 aromatic heterocycles. The summed E-state index contributed by atoms with van der Waals surface area (Å²) in [5.74, 6) is 0. The van der Waals surface area contributed by atoms with E-state index in [4.69, 9.17) is 0 Å². The number of aliphatic imine (C=N–C) groups is 2. The summed E-state index contributed by atoms with van der Waals surface area (Å²) in [6, 6.07) is 15.0. The number of rotatable bonds is 4. The van der Waals surface area contributed by atoms with Gasteiger partial charge in [-0.05, 0) is 86.7 Å². The predicted molar refractivity (Wildman–Crippen MR) is 115 cm³/mol. The number of aryl methyl sites for hydroxylation is 1. The SMILES string of the molecule is C=Nc1cc(C)c(C2=C(c3ccccc3)CCCC(C)=C2)cc1N=CC. The smallest absolute Gasteiger partial charge is 0.0888 e. The van der Waals surface area contributed by atoms with Crippen molar-refractivity contribution in [2.75, 3.05) is 0 Å². The van der Waals surface area contributed by atoms with Gasteiger partial charge < -0.3 is 0 Å². The monoisotopic (exact) mass is 342 g/mol. The predicted octanol–water partition coefficient (Wildman–Crippen LogP) is 7.09. The van der Waals surface area contributed by atoms with Gasteiger partial charge in [-0.2, -0.15) is 0 Å². The Kier molecular flexibility index (Phi) is 5.62. The number of benzene rings is 2. The van der Waals surface area contributed by atoms with Crippen LogP contribution in [-0.4, -0.2) is 12.9 Å². The van der Waals surface area contributed by atoms with Crippen molar-refractivity contribution in [3.8, 4) is 0 Å². The molecule has 0 radical (unpaired) electrons. The van der Waals surface area contributed by atoms with Crippen molar-refractivity contribution in [2.24, 2.45) is 9.98 Å². The Bertz CT molecular complexity index is 899. The molecule has 0 heterocycles. The quantitative estimate of drug-likeness (QED) is 0.530. The van der Waals surface area contributed by atoms with E-state index in [0.717, 1.165) is 24.2 Å². The van der Waals surface area contributed by atoms with Gasteiger partial charge in [0.2, 0.25) is 0 Å². The third-order valence-corrected chi connectivity index (χ3v) is 4.89. The van der Waals surface area contributed by atoms with Crippen LogP contribution in [0.1, 0.15) is 49.8 Å². The molecule has 0 bridgehead atoms. The maximum absolute atomic E-state index is 4.51. The molecule has 2 aromatic carbocycles. The minimum atomic E-state index is 0.834. The van der Waals surface area contributed by atoms with E-state index in [1.807, 2.05) is 13.1 Å². The van der Waals surface area contributed by atoms with Crippen molar-refractivity contribution in [2.45, 2.75) is 40.0 Å². The van der Waals surface area contributed by atoms with Gasteiger partial charge in [-0.15, -0.1) is 0 Å². The second kappa shape index (κ2) is 8.09. The molecule has 1 aliphatic carbocycles. The van der Waals surface area contributed by atoms with Crippen LogP contribution in [0.2, 0.25) is 0 Å². The maximum atomic E-state index is 4.51. The molecule has 0 aliphatic heterocycles. The standard InChI is InChI=1S/C24H26N2/c1-5-26-24-16-21(18(3)15-23(24)25-4)22-14-17(2)10-9-13-20(22)19-11-7-6-8-12-19/h5-8,11-12,14-16H,4,9-10,13H2,1-3H3. The molecular weight excluding hydrogens is 316 g/mol. The van der Waals surface area contributed by atoms with Crippen LogP contribution in [0.3, 0.4) is 0 Å². The number of nitrogens with zero attached hydrogens (tertiary/aromatic N) is 2. The summed E-state index contributed by atoms with van der Waals surface area (Å²) in [6.45, 7) is 10.0. The molecule has 0 saturated heterocycles. The van der Waals surface area contributed by atoms with Gasteiger partial charge in [0, 0.05) is 6.21 Å². The van der Waals surface area contributed by atoms with Crippen molar-refractivity contribution in [3.05, 3.63) is 70.8 Å². The molecule has 0 unspecified atom stereocenters. The first-order chi connectivity index (χ1) is 12.6. The van der Waals surface area contributed by atoms with Crippen LogP contribution in [0.15, 0.2) is 64.1 Å². The van der Waals surface area contributed by atoms with Gasteiger partial charge in [-0.25, -0.2) is 0 Å². The van der Waals surface area contributed by atoms with Gasteiger partial charge >= 0.3 is 0 Å². The normalized spacial score (nSPS) is 15.1. The Morgan fingerprint density at radius 3 is 2.46 bits per heavy atom. The zero-order valence-electron chi connectivity index (χ0n) is 15.9. The minimum absolute atomic E-state index is 0.834. The molecule has 3 rings (SSSR count). The Morgan fingerprint density at radius 2 is 1.77 bits per heavy atom. The maximum Gasteiger partial charge on any atom is 0.0888 e.